The van der Waals surface area contributed by atoms with E-state index in [0.29, 0.717) is 6.42 Å². The maximum absolute atomic E-state index is 11.1. The van der Waals surface area contributed by atoms with Crippen molar-refractivity contribution in [3.8, 4) is 0 Å². The molecule has 0 spiro atoms. The molecule has 1 aromatic carbocycles. The summed E-state index contributed by atoms with van der Waals surface area (Å²) in [6.07, 6.45) is 0.496. The van der Waals surface area contributed by atoms with Gasteiger partial charge in [0.1, 0.15) is 5.25 Å². The molecule has 2 nitrogen and oxygen atoms in total. The van der Waals surface area contributed by atoms with E-state index in [2.05, 4.69) is 0 Å². The first-order valence-electron chi connectivity index (χ1n) is 4.04. The lowest BCUT2D eigenvalue weighted by atomic mass is 10.1. The molecule has 0 N–H and O–H groups in total. The molecular weight excluding hydrogens is 208 g/mol. The highest BCUT2D eigenvalue weighted by Crippen LogP contribution is 2.28. The molecule has 0 fully saturated rings. The average molecular weight is 219 g/mol. The van der Waals surface area contributed by atoms with Gasteiger partial charge in [0, 0.05) is 10.7 Å². The lowest BCUT2D eigenvalue weighted by molar-refractivity contribution is 0.594. The fraction of sp³-hybridized carbons (Fsp3) is 0.333. The van der Waals surface area contributed by atoms with Crippen LogP contribution in [0.4, 0.5) is 0 Å². The molecule has 1 rings (SSSR count). The third kappa shape index (κ3) is 2.71. The zero-order valence-corrected chi connectivity index (χ0v) is 8.85. The molecule has 1 aromatic rings. The Kier molecular flexibility index (Phi) is 3.33. The molecular formula is C9H11ClO2S. The normalized spacial score (nSPS) is 14.0. The fourth-order valence-electron chi connectivity index (χ4n) is 1.27. The van der Waals surface area contributed by atoms with Gasteiger partial charge in [0.15, 0.2) is 0 Å². The fourth-order valence-corrected chi connectivity index (χ4v) is 2.83. The van der Waals surface area contributed by atoms with E-state index in [1.54, 1.807) is 31.2 Å². The van der Waals surface area contributed by atoms with Crippen molar-refractivity contribution < 1.29 is 8.42 Å². The van der Waals surface area contributed by atoms with Gasteiger partial charge in [-0.25, -0.2) is 8.42 Å². The van der Waals surface area contributed by atoms with E-state index in [1.807, 2.05) is 6.07 Å². The van der Waals surface area contributed by atoms with E-state index in [0.717, 1.165) is 5.56 Å². The zero-order chi connectivity index (χ0) is 9.90. The molecule has 72 valence electrons. The summed E-state index contributed by atoms with van der Waals surface area (Å²) in [6.45, 7) is 1.80. The minimum absolute atomic E-state index is 0.496. The van der Waals surface area contributed by atoms with E-state index < -0.39 is 14.3 Å². The number of benzene rings is 1. The maximum atomic E-state index is 11.1. The first-order valence-corrected chi connectivity index (χ1v) is 6.41. The Morgan fingerprint density at radius 1 is 1.31 bits per heavy atom. The first-order chi connectivity index (χ1) is 6.05. The standard InChI is InChI=1S/C9H11ClO2S/c1-2-9(13(10,11)12)8-6-4-3-5-7-8/h3-7,9H,2H2,1H3. The Morgan fingerprint density at radius 2 is 1.85 bits per heavy atom. The van der Waals surface area contributed by atoms with E-state index in [9.17, 15) is 8.42 Å². The van der Waals surface area contributed by atoms with Crippen molar-refractivity contribution in [2.75, 3.05) is 0 Å². The van der Waals surface area contributed by atoms with Crippen LogP contribution in [-0.4, -0.2) is 8.42 Å². The second-order valence-corrected chi connectivity index (χ2v) is 5.59. The van der Waals surface area contributed by atoms with Crippen molar-refractivity contribution in [2.45, 2.75) is 18.6 Å². The van der Waals surface area contributed by atoms with Crippen molar-refractivity contribution in [3.05, 3.63) is 35.9 Å². The third-order valence-electron chi connectivity index (χ3n) is 1.88. The van der Waals surface area contributed by atoms with Gasteiger partial charge >= 0.3 is 0 Å². The molecule has 0 aliphatic heterocycles. The van der Waals surface area contributed by atoms with Gasteiger partial charge in [0.05, 0.1) is 0 Å². The Balaban J connectivity index is 3.06. The van der Waals surface area contributed by atoms with Crippen LogP contribution in [0.3, 0.4) is 0 Å². The van der Waals surface area contributed by atoms with Gasteiger partial charge in [-0.2, -0.15) is 0 Å². The highest BCUT2D eigenvalue weighted by Gasteiger charge is 2.22. The van der Waals surface area contributed by atoms with E-state index >= 15 is 0 Å². The number of hydrogen-bond acceptors (Lipinski definition) is 2. The smallest absolute Gasteiger partial charge is 0.212 e. The van der Waals surface area contributed by atoms with Crippen LogP contribution in [0, 0.1) is 0 Å². The molecule has 0 aliphatic rings. The summed E-state index contributed by atoms with van der Waals surface area (Å²) in [4.78, 5) is 0. The van der Waals surface area contributed by atoms with Crippen LogP contribution in [-0.2, 0) is 9.05 Å². The second-order valence-electron chi connectivity index (χ2n) is 2.78. The predicted molar refractivity (Wildman–Crippen MR) is 54.2 cm³/mol. The van der Waals surface area contributed by atoms with Crippen LogP contribution < -0.4 is 0 Å². The van der Waals surface area contributed by atoms with Gasteiger partial charge in [-0.15, -0.1) is 0 Å². The summed E-state index contributed by atoms with van der Waals surface area (Å²) < 4.78 is 22.3. The molecule has 0 amide bonds. The van der Waals surface area contributed by atoms with Crippen LogP contribution in [0.5, 0.6) is 0 Å². The van der Waals surface area contributed by atoms with Gasteiger partial charge in [0.25, 0.3) is 0 Å². The lowest BCUT2D eigenvalue weighted by Gasteiger charge is -2.10. The maximum Gasteiger partial charge on any atom is 0.239 e. The van der Waals surface area contributed by atoms with E-state index in [4.69, 9.17) is 10.7 Å². The molecule has 0 heterocycles. The zero-order valence-electron chi connectivity index (χ0n) is 7.27. The Hall–Kier alpha value is -0.540. The molecule has 1 unspecified atom stereocenters. The summed E-state index contributed by atoms with van der Waals surface area (Å²) in [7, 11) is 1.81. The molecule has 0 aromatic heterocycles. The lowest BCUT2D eigenvalue weighted by Crippen LogP contribution is -2.05. The van der Waals surface area contributed by atoms with Gasteiger partial charge < -0.3 is 0 Å². The molecule has 0 radical (unpaired) electrons. The third-order valence-corrected chi connectivity index (χ3v) is 3.81. The van der Waals surface area contributed by atoms with Crippen molar-refractivity contribution in [1.29, 1.82) is 0 Å². The molecule has 0 bridgehead atoms. The molecule has 0 saturated heterocycles. The Bertz CT molecular complexity index is 358. The summed E-state index contributed by atoms with van der Waals surface area (Å²) in [5.41, 5.74) is 0.750. The summed E-state index contributed by atoms with van der Waals surface area (Å²) in [6, 6.07) is 9.00. The van der Waals surface area contributed by atoms with Crippen LogP contribution in [0.1, 0.15) is 24.2 Å². The minimum Gasteiger partial charge on any atom is -0.212 e. The largest absolute Gasteiger partial charge is 0.239 e. The first kappa shape index (κ1) is 10.5. The average Bonchev–Trinajstić information content (AvgIpc) is 2.05. The molecule has 0 aliphatic carbocycles. The number of hydrogen-bond donors (Lipinski definition) is 0. The molecule has 13 heavy (non-hydrogen) atoms. The number of halogens is 1. The quantitative estimate of drug-likeness (QED) is 0.732. The second kappa shape index (κ2) is 4.11. The highest BCUT2D eigenvalue weighted by atomic mass is 35.7. The molecule has 1 atom stereocenters. The Morgan fingerprint density at radius 3 is 2.23 bits per heavy atom. The highest BCUT2D eigenvalue weighted by molar-refractivity contribution is 8.13. The minimum atomic E-state index is -3.50. The van der Waals surface area contributed by atoms with E-state index in [-0.39, 0.29) is 0 Å². The number of rotatable bonds is 3. The topological polar surface area (TPSA) is 34.1 Å². The molecule has 4 heteroatoms. The van der Waals surface area contributed by atoms with Crippen molar-refractivity contribution in [2.24, 2.45) is 0 Å². The SMILES string of the molecule is CCC(c1ccccc1)S(=O)(=O)Cl. The Labute approximate surface area is 83.0 Å². The van der Waals surface area contributed by atoms with Crippen LogP contribution in [0.15, 0.2) is 30.3 Å². The van der Waals surface area contributed by atoms with Crippen LogP contribution in [0.2, 0.25) is 0 Å². The summed E-state index contributed by atoms with van der Waals surface area (Å²) in [5, 5.41) is -0.588. The van der Waals surface area contributed by atoms with Gasteiger partial charge in [-0.3, -0.25) is 0 Å². The van der Waals surface area contributed by atoms with Crippen molar-refractivity contribution in [3.63, 3.8) is 0 Å². The monoisotopic (exact) mass is 218 g/mol. The predicted octanol–water partition coefficient (Wildman–Crippen LogP) is 2.71. The van der Waals surface area contributed by atoms with Gasteiger partial charge in [-0.05, 0) is 12.0 Å². The van der Waals surface area contributed by atoms with E-state index in [1.165, 1.54) is 0 Å². The van der Waals surface area contributed by atoms with Crippen molar-refractivity contribution in [1.82, 2.24) is 0 Å². The van der Waals surface area contributed by atoms with Gasteiger partial charge in [-0.1, -0.05) is 37.3 Å². The summed E-state index contributed by atoms with van der Waals surface area (Å²) >= 11 is 0. The van der Waals surface area contributed by atoms with Gasteiger partial charge in [0.2, 0.25) is 9.05 Å². The summed E-state index contributed by atoms with van der Waals surface area (Å²) in [5.74, 6) is 0. The van der Waals surface area contributed by atoms with Crippen LogP contribution in [0.25, 0.3) is 0 Å². The molecule has 0 saturated carbocycles. The van der Waals surface area contributed by atoms with Crippen LogP contribution >= 0.6 is 10.7 Å². The van der Waals surface area contributed by atoms with Crippen molar-refractivity contribution >= 4 is 19.7 Å².